The Morgan fingerprint density at radius 3 is 2.59 bits per heavy atom. The second kappa shape index (κ2) is 10.3. The lowest BCUT2D eigenvalue weighted by Crippen LogP contribution is -2.19. The summed E-state index contributed by atoms with van der Waals surface area (Å²) in [7, 11) is 5.58. The van der Waals surface area contributed by atoms with Gasteiger partial charge in [-0.05, 0) is 46.4 Å². The fourth-order valence-corrected chi connectivity index (χ4v) is 1.48. The maximum Gasteiger partial charge on any atom is 0.333 e. The molecule has 100 valence electrons. The third-order valence-electron chi connectivity index (χ3n) is 2.53. The highest BCUT2D eigenvalue weighted by molar-refractivity contribution is 5.88. The van der Waals surface area contributed by atoms with Gasteiger partial charge >= 0.3 is 5.97 Å². The molecule has 0 fully saturated rings. The zero-order valence-corrected chi connectivity index (χ0v) is 11.6. The molecule has 0 rings (SSSR count). The zero-order valence-electron chi connectivity index (χ0n) is 11.6. The van der Waals surface area contributed by atoms with Crippen LogP contribution in [0.4, 0.5) is 0 Å². The van der Waals surface area contributed by atoms with E-state index in [0.717, 1.165) is 38.0 Å². The standard InChI is InChI=1S/C13H26N2O2/c1-5-12(13(16)17-4)8-10-14-9-6-7-11-15(2)3/h8,14H,5-7,9-11H2,1-4H3. The number of carbonyl (C=O) groups excluding carboxylic acids is 1. The Hall–Kier alpha value is -0.870. The fourth-order valence-electron chi connectivity index (χ4n) is 1.48. The van der Waals surface area contributed by atoms with Crippen molar-refractivity contribution in [2.24, 2.45) is 0 Å². The number of carbonyl (C=O) groups is 1. The first-order valence-corrected chi connectivity index (χ1v) is 6.24. The minimum atomic E-state index is -0.220. The first-order valence-electron chi connectivity index (χ1n) is 6.24. The van der Waals surface area contributed by atoms with Crippen LogP contribution in [0, 0.1) is 0 Å². The van der Waals surface area contributed by atoms with Gasteiger partial charge in [0, 0.05) is 12.1 Å². The van der Waals surface area contributed by atoms with Crippen LogP contribution in [0.5, 0.6) is 0 Å². The molecule has 4 heteroatoms. The van der Waals surface area contributed by atoms with Gasteiger partial charge < -0.3 is 15.0 Å². The van der Waals surface area contributed by atoms with Gasteiger partial charge in [-0.1, -0.05) is 13.0 Å². The average Bonchev–Trinajstić information content (AvgIpc) is 2.31. The number of methoxy groups -OCH3 is 1. The van der Waals surface area contributed by atoms with E-state index in [1.54, 1.807) is 0 Å². The Labute approximate surface area is 105 Å². The van der Waals surface area contributed by atoms with Gasteiger partial charge in [-0.3, -0.25) is 0 Å². The molecule has 0 aliphatic rings. The first-order chi connectivity index (χ1) is 8.11. The third-order valence-corrected chi connectivity index (χ3v) is 2.53. The van der Waals surface area contributed by atoms with E-state index in [-0.39, 0.29) is 5.97 Å². The average molecular weight is 242 g/mol. The van der Waals surface area contributed by atoms with Crippen molar-refractivity contribution in [1.82, 2.24) is 10.2 Å². The van der Waals surface area contributed by atoms with E-state index in [1.165, 1.54) is 13.5 Å². The predicted molar refractivity (Wildman–Crippen MR) is 71.0 cm³/mol. The Bertz CT molecular complexity index is 238. The van der Waals surface area contributed by atoms with Crippen molar-refractivity contribution >= 4 is 5.97 Å². The van der Waals surface area contributed by atoms with E-state index in [9.17, 15) is 4.79 Å². The first kappa shape index (κ1) is 16.1. The molecule has 4 nitrogen and oxygen atoms in total. The molecule has 17 heavy (non-hydrogen) atoms. The van der Waals surface area contributed by atoms with Crippen LogP contribution in [0.3, 0.4) is 0 Å². The SMILES string of the molecule is CCC(=CCNCCCCN(C)C)C(=O)OC. The number of nitrogens with one attached hydrogen (secondary N) is 1. The van der Waals surface area contributed by atoms with Crippen molar-refractivity contribution in [1.29, 1.82) is 0 Å². The van der Waals surface area contributed by atoms with Crippen molar-refractivity contribution in [2.75, 3.05) is 40.8 Å². The predicted octanol–water partition coefficient (Wildman–Crippen LogP) is 1.43. The quantitative estimate of drug-likeness (QED) is 0.377. The molecular weight excluding hydrogens is 216 g/mol. The summed E-state index contributed by atoms with van der Waals surface area (Å²) in [5.74, 6) is -0.220. The van der Waals surface area contributed by atoms with Gasteiger partial charge in [-0.15, -0.1) is 0 Å². The number of rotatable bonds is 9. The molecule has 0 aliphatic heterocycles. The van der Waals surface area contributed by atoms with Crippen LogP contribution in [-0.4, -0.2) is 51.7 Å². The van der Waals surface area contributed by atoms with Gasteiger partial charge in [0.2, 0.25) is 0 Å². The number of hydrogen-bond acceptors (Lipinski definition) is 4. The molecule has 0 aromatic rings. The molecule has 0 aliphatic carbocycles. The van der Waals surface area contributed by atoms with Gasteiger partial charge in [-0.25, -0.2) is 4.79 Å². The lowest BCUT2D eigenvalue weighted by atomic mass is 10.2. The lowest BCUT2D eigenvalue weighted by Gasteiger charge is -2.09. The van der Waals surface area contributed by atoms with Crippen LogP contribution in [0.1, 0.15) is 26.2 Å². The topological polar surface area (TPSA) is 41.6 Å². The number of unbranched alkanes of at least 4 members (excludes halogenated alkanes) is 1. The molecule has 0 spiro atoms. The number of hydrogen-bond donors (Lipinski definition) is 1. The molecule has 0 aromatic heterocycles. The second-order valence-electron chi connectivity index (χ2n) is 4.29. The summed E-state index contributed by atoms with van der Waals surface area (Å²) in [6.07, 6.45) is 4.99. The van der Waals surface area contributed by atoms with E-state index < -0.39 is 0 Å². The van der Waals surface area contributed by atoms with E-state index in [1.807, 2.05) is 13.0 Å². The Morgan fingerprint density at radius 1 is 1.35 bits per heavy atom. The van der Waals surface area contributed by atoms with Crippen molar-refractivity contribution in [3.8, 4) is 0 Å². The second-order valence-corrected chi connectivity index (χ2v) is 4.29. The Morgan fingerprint density at radius 2 is 2.06 bits per heavy atom. The number of nitrogens with zero attached hydrogens (tertiary/aromatic N) is 1. The van der Waals surface area contributed by atoms with E-state index >= 15 is 0 Å². The molecule has 0 bridgehead atoms. The molecule has 0 saturated carbocycles. The van der Waals surface area contributed by atoms with Crippen LogP contribution in [0.15, 0.2) is 11.6 Å². The van der Waals surface area contributed by atoms with Crippen molar-refractivity contribution in [3.05, 3.63) is 11.6 Å². The van der Waals surface area contributed by atoms with Crippen LogP contribution in [-0.2, 0) is 9.53 Å². The number of esters is 1. The van der Waals surface area contributed by atoms with Crippen LogP contribution < -0.4 is 5.32 Å². The zero-order chi connectivity index (χ0) is 13.1. The summed E-state index contributed by atoms with van der Waals surface area (Å²) in [4.78, 5) is 13.4. The number of ether oxygens (including phenoxy) is 1. The highest BCUT2D eigenvalue weighted by Crippen LogP contribution is 2.01. The Kier molecular flexibility index (Phi) is 9.77. The largest absolute Gasteiger partial charge is 0.466 e. The summed E-state index contributed by atoms with van der Waals surface area (Å²) in [6, 6.07) is 0. The summed E-state index contributed by atoms with van der Waals surface area (Å²) >= 11 is 0. The fraction of sp³-hybridized carbons (Fsp3) is 0.769. The van der Waals surface area contributed by atoms with Crippen LogP contribution >= 0.6 is 0 Å². The Balaban J connectivity index is 3.60. The molecule has 0 atom stereocenters. The van der Waals surface area contributed by atoms with Gasteiger partial charge in [0.15, 0.2) is 0 Å². The van der Waals surface area contributed by atoms with Crippen LogP contribution in [0.2, 0.25) is 0 Å². The van der Waals surface area contributed by atoms with E-state index in [0.29, 0.717) is 0 Å². The molecule has 0 aromatic carbocycles. The van der Waals surface area contributed by atoms with Gasteiger partial charge in [0.05, 0.1) is 7.11 Å². The third kappa shape index (κ3) is 8.89. The normalized spacial score (nSPS) is 11.9. The van der Waals surface area contributed by atoms with Crippen molar-refractivity contribution in [3.63, 3.8) is 0 Å². The maximum atomic E-state index is 11.3. The molecule has 0 unspecified atom stereocenters. The molecule has 0 amide bonds. The smallest absolute Gasteiger partial charge is 0.333 e. The molecule has 0 heterocycles. The van der Waals surface area contributed by atoms with Crippen molar-refractivity contribution in [2.45, 2.75) is 26.2 Å². The molecule has 1 N–H and O–H groups in total. The van der Waals surface area contributed by atoms with Gasteiger partial charge in [0.25, 0.3) is 0 Å². The summed E-state index contributed by atoms with van der Waals surface area (Å²) in [5.41, 5.74) is 0.744. The minimum Gasteiger partial charge on any atom is -0.466 e. The summed E-state index contributed by atoms with van der Waals surface area (Å²) in [5, 5.41) is 3.30. The molecular formula is C13H26N2O2. The van der Waals surface area contributed by atoms with Crippen LogP contribution in [0.25, 0.3) is 0 Å². The lowest BCUT2D eigenvalue weighted by molar-refractivity contribution is -0.136. The highest BCUT2D eigenvalue weighted by atomic mass is 16.5. The van der Waals surface area contributed by atoms with Gasteiger partial charge in [0.1, 0.15) is 0 Å². The van der Waals surface area contributed by atoms with E-state index in [4.69, 9.17) is 0 Å². The van der Waals surface area contributed by atoms with E-state index in [2.05, 4.69) is 29.0 Å². The minimum absolute atomic E-state index is 0.220. The highest BCUT2D eigenvalue weighted by Gasteiger charge is 2.05. The summed E-state index contributed by atoms with van der Waals surface area (Å²) in [6.45, 7) is 4.81. The molecule has 0 saturated heterocycles. The maximum absolute atomic E-state index is 11.3. The molecule has 0 radical (unpaired) electrons. The van der Waals surface area contributed by atoms with Gasteiger partial charge in [-0.2, -0.15) is 0 Å². The van der Waals surface area contributed by atoms with Crippen molar-refractivity contribution < 1.29 is 9.53 Å². The monoisotopic (exact) mass is 242 g/mol. The summed E-state index contributed by atoms with van der Waals surface area (Å²) < 4.78 is 4.68.